The van der Waals surface area contributed by atoms with E-state index < -0.39 is 10.0 Å². The van der Waals surface area contributed by atoms with Crippen LogP contribution >= 0.6 is 0 Å². The molecule has 0 fully saturated rings. The zero-order valence-corrected chi connectivity index (χ0v) is 15.7. The predicted molar refractivity (Wildman–Crippen MR) is 103 cm³/mol. The second-order valence-electron chi connectivity index (χ2n) is 6.54. The Balaban J connectivity index is 2.10. The molecule has 0 amide bonds. The van der Waals surface area contributed by atoms with Crippen LogP contribution in [0.25, 0.3) is 5.70 Å². The summed E-state index contributed by atoms with van der Waals surface area (Å²) in [5.41, 5.74) is 4.94. The molecule has 1 aliphatic heterocycles. The Hall–Kier alpha value is -2.33. The van der Waals surface area contributed by atoms with E-state index in [4.69, 9.17) is 0 Å². The Labute approximate surface area is 150 Å². The molecule has 3 rings (SSSR count). The van der Waals surface area contributed by atoms with Crippen LogP contribution < -0.4 is 0 Å². The Kier molecular flexibility index (Phi) is 4.82. The molecule has 1 aliphatic rings. The summed E-state index contributed by atoms with van der Waals surface area (Å²) < 4.78 is 28.1. The Morgan fingerprint density at radius 3 is 2.16 bits per heavy atom. The van der Waals surface area contributed by atoms with Crippen molar-refractivity contribution in [2.24, 2.45) is 0 Å². The number of hydrogen-bond acceptors (Lipinski definition) is 2. The molecular formula is C21H23NO2S. The Morgan fingerprint density at radius 2 is 1.52 bits per heavy atom. The Morgan fingerprint density at radius 1 is 0.880 bits per heavy atom. The number of hydrogen-bond donors (Lipinski definition) is 0. The van der Waals surface area contributed by atoms with Crippen molar-refractivity contribution in [1.82, 2.24) is 4.31 Å². The average Bonchev–Trinajstić information content (AvgIpc) is 2.80. The molecule has 25 heavy (non-hydrogen) atoms. The summed E-state index contributed by atoms with van der Waals surface area (Å²) in [6, 6.07) is 13.2. The first-order valence-electron chi connectivity index (χ1n) is 8.43. The molecule has 130 valence electrons. The second kappa shape index (κ2) is 6.89. The number of aryl methyl sites for hydroxylation is 3. The van der Waals surface area contributed by atoms with Crippen molar-refractivity contribution in [3.05, 3.63) is 82.9 Å². The lowest BCUT2D eigenvalue weighted by atomic mass is 10.0. The first-order chi connectivity index (χ1) is 11.9. The quantitative estimate of drug-likeness (QED) is 0.808. The van der Waals surface area contributed by atoms with E-state index in [0.29, 0.717) is 17.9 Å². The van der Waals surface area contributed by atoms with Crippen LogP contribution in [0.2, 0.25) is 0 Å². The molecule has 0 spiro atoms. The summed E-state index contributed by atoms with van der Waals surface area (Å²) in [7, 11) is -3.60. The lowest BCUT2D eigenvalue weighted by Gasteiger charge is -2.26. The normalized spacial score (nSPS) is 15.0. The first-order valence-corrected chi connectivity index (χ1v) is 9.87. The fourth-order valence-corrected chi connectivity index (χ4v) is 4.61. The molecule has 4 heteroatoms. The van der Waals surface area contributed by atoms with Gasteiger partial charge in [-0.2, -0.15) is 0 Å². The van der Waals surface area contributed by atoms with Gasteiger partial charge in [0.15, 0.2) is 0 Å². The third kappa shape index (κ3) is 3.69. The van der Waals surface area contributed by atoms with Crippen LogP contribution in [0.15, 0.2) is 65.6 Å². The van der Waals surface area contributed by atoms with E-state index >= 15 is 0 Å². The minimum atomic E-state index is -3.60. The molecule has 2 aromatic carbocycles. The maximum atomic E-state index is 13.3. The van der Waals surface area contributed by atoms with Gasteiger partial charge in [0.2, 0.25) is 0 Å². The zero-order valence-electron chi connectivity index (χ0n) is 14.9. The third-order valence-corrected chi connectivity index (χ3v) is 6.11. The molecule has 0 bridgehead atoms. The van der Waals surface area contributed by atoms with Gasteiger partial charge in [-0.3, -0.25) is 4.31 Å². The van der Waals surface area contributed by atoms with E-state index in [1.807, 2.05) is 63.3 Å². The van der Waals surface area contributed by atoms with Gasteiger partial charge in [0.1, 0.15) is 0 Å². The van der Waals surface area contributed by atoms with E-state index in [0.717, 1.165) is 28.0 Å². The number of sulfonamides is 1. The first kappa shape index (κ1) is 17.5. The van der Waals surface area contributed by atoms with Crippen LogP contribution in [-0.2, 0) is 10.0 Å². The van der Waals surface area contributed by atoms with Crippen molar-refractivity contribution in [1.29, 1.82) is 0 Å². The summed E-state index contributed by atoms with van der Waals surface area (Å²) >= 11 is 0. The highest BCUT2D eigenvalue weighted by Gasteiger charge is 2.27. The van der Waals surface area contributed by atoms with Gasteiger partial charge in [-0.1, -0.05) is 47.0 Å². The van der Waals surface area contributed by atoms with Crippen LogP contribution in [0.5, 0.6) is 0 Å². The van der Waals surface area contributed by atoms with Crippen molar-refractivity contribution in [2.75, 3.05) is 6.54 Å². The molecule has 0 aromatic heterocycles. The number of rotatable bonds is 3. The Bertz CT molecular complexity index is 918. The summed E-state index contributed by atoms with van der Waals surface area (Å²) in [4.78, 5) is 0.329. The van der Waals surface area contributed by atoms with E-state index in [-0.39, 0.29) is 0 Å². The molecule has 0 aliphatic carbocycles. The van der Waals surface area contributed by atoms with Gasteiger partial charge in [-0.05, 0) is 63.1 Å². The van der Waals surface area contributed by atoms with Gasteiger partial charge in [0.25, 0.3) is 10.0 Å². The SMILES string of the molecule is Cc1ccc(S(=O)(=O)N2CCC=CC=C2c2cc(C)cc(C)c2)cc1. The van der Waals surface area contributed by atoms with Gasteiger partial charge in [-0.15, -0.1) is 0 Å². The van der Waals surface area contributed by atoms with Crippen molar-refractivity contribution in [2.45, 2.75) is 32.1 Å². The molecule has 3 nitrogen and oxygen atoms in total. The van der Waals surface area contributed by atoms with Crippen molar-refractivity contribution >= 4 is 15.7 Å². The molecule has 0 radical (unpaired) electrons. The largest absolute Gasteiger partial charge is 0.265 e. The highest BCUT2D eigenvalue weighted by atomic mass is 32.2. The molecule has 0 N–H and O–H groups in total. The average molecular weight is 353 g/mol. The van der Waals surface area contributed by atoms with Gasteiger partial charge >= 0.3 is 0 Å². The number of benzene rings is 2. The molecule has 1 heterocycles. The van der Waals surface area contributed by atoms with Crippen molar-refractivity contribution in [3.8, 4) is 0 Å². The van der Waals surface area contributed by atoms with Crippen LogP contribution in [0.3, 0.4) is 0 Å². The van der Waals surface area contributed by atoms with Crippen molar-refractivity contribution in [3.63, 3.8) is 0 Å². The summed E-state index contributed by atoms with van der Waals surface area (Å²) in [5, 5.41) is 0. The fourth-order valence-electron chi connectivity index (χ4n) is 3.10. The maximum absolute atomic E-state index is 13.3. The zero-order chi connectivity index (χ0) is 18.0. The monoisotopic (exact) mass is 353 g/mol. The van der Waals surface area contributed by atoms with Gasteiger partial charge < -0.3 is 0 Å². The lowest BCUT2D eigenvalue weighted by Crippen LogP contribution is -2.30. The van der Waals surface area contributed by atoms with Gasteiger partial charge in [0.05, 0.1) is 10.6 Å². The van der Waals surface area contributed by atoms with E-state index in [1.54, 1.807) is 12.1 Å². The fraction of sp³-hybridized carbons (Fsp3) is 0.238. The van der Waals surface area contributed by atoms with E-state index in [9.17, 15) is 8.42 Å². The van der Waals surface area contributed by atoms with Crippen LogP contribution in [0.1, 0.15) is 28.7 Å². The summed E-state index contributed by atoms with van der Waals surface area (Å²) in [6.45, 7) is 6.45. The van der Waals surface area contributed by atoms with E-state index in [1.165, 1.54) is 4.31 Å². The topological polar surface area (TPSA) is 37.4 Å². The number of nitrogens with zero attached hydrogens (tertiary/aromatic N) is 1. The molecule has 0 saturated heterocycles. The van der Waals surface area contributed by atoms with Gasteiger partial charge in [-0.25, -0.2) is 8.42 Å². The smallest absolute Gasteiger partial charge is 0.264 e. The van der Waals surface area contributed by atoms with Crippen LogP contribution in [0.4, 0.5) is 0 Å². The van der Waals surface area contributed by atoms with E-state index in [2.05, 4.69) is 6.07 Å². The highest BCUT2D eigenvalue weighted by molar-refractivity contribution is 7.89. The third-order valence-electron chi connectivity index (χ3n) is 4.28. The minimum Gasteiger partial charge on any atom is -0.265 e. The molecule has 0 unspecified atom stereocenters. The molecular weight excluding hydrogens is 330 g/mol. The molecule has 2 aromatic rings. The lowest BCUT2D eigenvalue weighted by molar-refractivity contribution is 0.514. The summed E-state index contributed by atoms with van der Waals surface area (Å²) in [6.07, 6.45) is 6.54. The molecule has 0 atom stereocenters. The highest BCUT2D eigenvalue weighted by Crippen LogP contribution is 2.30. The molecule has 0 saturated carbocycles. The maximum Gasteiger partial charge on any atom is 0.264 e. The van der Waals surface area contributed by atoms with Gasteiger partial charge in [0, 0.05) is 6.54 Å². The number of allylic oxidation sites excluding steroid dienone is 2. The van der Waals surface area contributed by atoms with Crippen molar-refractivity contribution < 1.29 is 8.42 Å². The summed E-state index contributed by atoms with van der Waals surface area (Å²) in [5.74, 6) is 0. The second-order valence-corrected chi connectivity index (χ2v) is 8.40. The standard InChI is InChI=1S/C21H23NO2S/c1-16-8-10-20(11-9-16)25(23,24)22-12-6-4-5-7-21(22)19-14-17(2)13-18(3)15-19/h4-5,7-11,13-15H,6,12H2,1-3H3. The van der Waals surface area contributed by atoms with Crippen LogP contribution in [0, 0.1) is 20.8 Å². The van der Waals surface area contributed by atoms with Crippen LogP contribution in [-0.4, -0.2) is 19.3 Å². The minimum absolute atomic E-state index is 0.329. The predicted octanol–water partition coefficient (Wildman–Crippen LogP) is 4.60.